The molecule has 2 amide bonds. The number of hydrogen-bond donors (Lipinski definition) is 1. The van der Waals surface area contributed by atoms with E-state index in [0.29, 0.717) is 18.1 Å². The molecule has 1 saturated heterocycles. The monoisotopic (exact) mass is 362 g/mol. The summed E-state index contributed by atoms with van der Waals surface area (Å²) in [6.45, 7) is 3.05. The number of halogens is 1. The van der Waals surface area contributed by atoms with Gasteiger partial charge in [-0.1, -0.05) is 23.7 Å². The number of rotatable bonds is 3. The molecule has 0 bridgehead atoms. The van der Waals surface area contributed by atoms with Crippen LogP contribution in [0.2, 0.25) is 5.02 Å². The normalized spacial score (nSPS) is 17.6. The number of thiophene rings is 1. The molecule has 1 aliphatic rings. The van der Waals surface area contributed by atoms with E-state index < -0.39 is 0 Å². The topological polar surface area (TPSA) is 49.4 Å². The lowest BCUT2D eigenvalue weighted by atomic mass is 9.96. The van der Waals surface area contributed by atoms with Gasteiger partial charge in [0, 0.05) is 23.8 Å². The number of anilines is 1. The fourth-order valence-corrected chi connectivity index (χ4v) is 3.77. The number of carbonyl (C=O) groups excluding carboxylic acids is 2. The number of nitrogens with one attached hydrogen (secondary N) is 1. The summed E-state index contributed by atoms with van der Waals surface area (Å²) in [6, 6.07) is 9.16. The van der Waals surface area contributed by atoms with Crippen molar-refractivity contribution in [3.05, 3.63) is 51.2 Å². The molecule has 1 N–H and O–H groups in total. The van der Waals surface area contributed by atoms with Crippen molar-refractivity contribution in [1.29, 1.82) is 0 Å². The standard InChI is InChI=1S/C18H19ClN2O2S/c1-12-14(19)6-2-7-15(12)20-17(22)13-5-3-9-21(11-13)18(23)16-8-4-10-24-16/h2,4,6-8,10,13H,3,5,9,11H2,1H3,(H,20,22)/t13-/m1/s1. The average molecular weight is 363 g/mol. The summed E-state index contributed by atoms with van der Waals surface area (Å²) in [4.78, 5) is 27.6. The maximum absolute atomic E-state index is 12.6. The second kappa shape index (κ2) is 7.36. The second-order valence-corrected chi connectivity index (χ2v) is 7.32. The summed E-state index contributed by atoms with van der Waals surface area (Å²) < 4.78 is 0. The Bertz CT molecular complexity index is 745. The van der Waals surface area contributed by atoms with Crippen LogP contribution in [0.5, 0.6) is 0 Å². The van der Waals surface area contributed by atoms with Crippen LogP contribution >= 0.6 is 22.9 Å². The zero-order chi connectivity index (χ0) is 17.1. The lowest BCUT2D eigenvalue weighted by molar-refractivity contribution is -0.121. The van der Waals surface area contributed by atoms with Crippen LogP contribution in [-0.4, -0.2) is 29.8 Å². The first kappa shape index (κ1) is 17.0. The Hall–Kier alpha value is -1.85. The minimum Gasteiger partial charge on any atom is -0.337 e. The Kier molecular flexibility index (Phi) is 5.21. The third-order valence-electron chi connectivity index (χ3n) is 4.34. The fourth-order valence-electron chi connectivity index (χ4n) is 2.91. The molecule has 0 saturated carbocycles. The van der Waals surface area contributed by atoms with Crippen LogP contribution in [0.4, 0.5) is 5.69 Å². The molecule has 24 heavy (non-hydrogen) atoms. The van der Waals surface area contributed by atoms with Crippen molar-refractivity contribution < 1.29 is 9.59 Å². The molecular formula is C18H19ClN2O2S. The van der Waals surface area contributed by atoms with Crippen molar-refractivity contribution in [3.63, 3.8) is 0 Å². The third-order valence-corrected chi connectivity index (χ3v) is 5.60. The highest BCUT2D eigenvalue weighted by atomic mass is 35.5. The van der Waals surface area contributed by atoms with Gasteiger partial charge in [-0.2, -0.15) is 0 Å². The van der Waals surface area contributed by atoms with Crippen LogP contribution in [0.25, 0.3) is 0 Å². The highest BCUT2D eigenvalue weighted by molar-refractivity contribution is 7.12. The van der Waals surface area contributed by atoms with Crippen molar-refractivity contribution >= 4 is 40.4 Å². The van der Waals surface area contributed by atoms with E-state index in [0.717, 1.165) is 29.0 Å². The molecule has 1 aromatic carbocycles. The number of piperidine rings is 1. The van der Waals surface area contributed by atoms with Gasteiger partial charge in [0.2, 0.25) is 5.91 Å². The first-order valence-electron chi connectivity index (χ1n) is 7.95. The van der Waals surface area contributed by atoms with Crippen molar-refractivity contribution in [2.75, 3.05) is 18.4 Å². The van der Waals surface area contributed by atoms with E-state index in [2.05, 4.69) is 5.32 Å². The summed E-state index contributed by atoms with van der Waals surface area (Å²) in [5, 5.41) is 5.48. The van der Waals surface area contributed by atoms with E-state index in [1.807, 2.05) is 36.6 Å². The van der Waals surface area contributed by atoms with Crippen molar-refractivity contribution in [3.8, 4) is 0 Å². The Morgan fingerprint density at radius 3 is 2.88 bits per heavy atom. The van der Waals surface area contributed by atoms with Crippen LogP contribution in [0.15, 0.2) is 35.7 Å². The molecule has 0 radical (unpaired) electrons. The molecule has 2 heterocycles. The average Bonchev–Trinajstić information content (AvgIpc) is 3.13. The second-order valence-electron chi connectivity index (χ2n) is 5.97. The molecule has 0 aliphatic carbocycles. The van der Waals surface area contributed by atoms with E-state index in [1.165, 1.54) is 11.3 Å². The lowest BCUT2D eigenvalue weighted by Gasteiger charge is -2.32. The first-order valence-corrected chi connectivity index (χ1v) is 9.21. The molecule has 1 aliphatic heterocycles. The number of nitrogens with zero attached hydrogens (tertiary/aromatic N) is 1. The van der Waals surface area contributed by atoms with Gasteiger partial charge in [0.15, 0.2) is 0 Å². The van der Waals surface area contributed by atoms with E-state index in [9.17, 15) is 9.59 Å². The van der Waals surface area contributed by atoms with Crippen LogP contribution in [0.3, 0.4) is 0 Å². The van der Waals surface area contributed by atoms with Gasteiger partial charge in [-0.25, -0.2) is 0 Å². The summed E-state index contributed by atoms with van der Waals surface area (Å²) in [5.41, 5.74) is 1.59. The summed E-state index contributed by atoms with van der Waals surface area (Å²) >= 11 is 7.54. The van der Waals surface area contributed by atoms with Crippen LogP contribution < -0.4 is 5.32 Å². The van der Waals surface area contributed by atoms with Gasteiger partial charge in [0.25, 0.3) is 5.91 Å². The number of carbonyl (C=O) groups is 2. The van der Waals surface area contributed by atoms with E-state index in [1.54, 1.807) is 11.0 Å². The highest BCUT2D eigenvalue weighted by Crippen LogP contribution is 2.25. The Labute approximate surface area is 150 Å². The molecule has 126 valence electrons. The largest absolute Gasteiger partial charge is 0.337 e. The van der Waals surface area contributed by atoms with Crippen molar-refractivity contribution in [1.82, 2.24) is 4.90 Å². The molecule has 1 atom stereocenters. The maximum Gasteiger partial charge on any atom is 0.263 e. The number of hydrogen-bond acceptors (Lipinski definition) is 3. The Morgan fingerprint density at radius 2 is 2.12 bits per heavy atom. The molecular weight excluding hydrogens is 344 g/mol. The molecule has 1 aromatic heterocycles. The highest BCUT2D eigenvalue weighted by Gasteiger charge is 2.29. The third kappa shape index (κ3) is 3.62. The molecule has 6 heteroatoms. The minimum absolute atomic E-state index is 0.0152. The van der Waals surface area contributed by atoms with E-state index in [4.69, 9.17) is 11.6 Å². The van der Waals surface area contributed by atoms with E-state index >= 15 is 0 Å². The zero-order valence-corrected chi connectivity index (χ0v) is 15.0. The SMILES string of the molecule is Cc1c(Cl)cccc1NC(=O)[C@@H]1CCCN(C(=O)c2cccs2)C1. The predicted molar refractivity (Wildman–Crippen MR) is 97.8 cm³/mol. The van der Waals surface area contributed by atoms with Gasteiger partial charge in [0.1, 0.15) is 0 Å². The summed E-state index contributed by atoms with van der Waals surface area (Å²) in [6.07, 6.45) is 1.63. The zero-order valence-electron chi connectivity index (χ0n) is 13.4. The minimum atomic E-state index is -0.193. The van der Waals surface area contributed by atoms with Crippen molar-refractivity contribution in [2.45, 2.75) is 19.8 Å². The van der Waals surface area contributed by atoms with Crippen LogP contribution in [-0.2, 0) is 4.79 Å². The smallest absolute Gasteiger partial charge is 0.263 e. The van der Waals surface area contributed by atoms with Gasteiger partial charge in [0.05, 0.1) is 10.8 Å². The molecule has 3 rings (SSSR count). The van der Waals surface area contributed by atoms with Gasteiger partial charge in [-0.15, -0.1) is 11.3 Å². The summed E-state index contributed by atoms with van der Waals surface area (Å²) in [5.74, 6) is -0.230. The summed E-state index contributed by atoms with van der Waals surface area (Å²) in [7, 11) is 0. The number of benzene rings is 1. The van der Waals surface area contributed by atoms with Crippen LogP contribution in [0.1, 0.15) is 28.1 Å². The quantitative estimate of drug-likeness (QED) is 0.889. The van der Waals surface area contributed by atoms with Gasteiger partial charge >= 0.3 is 0 Å². The first-order chi connectivity index (χ1) is 11.6. The lowest BCUT2D eigenvalue weighted by Crippen LogP contribution is -2.43. The fraction of sp³-hybridized carbons (Fsp3) is 0.333. The molecule has 0 unspecified atom stereocenters. The number of likely N-dealkylation sites (tertiary alicyclic amines) is 1. The maximum atomic E-state index is 12.6. The van der Waals surface area contributed by atoms with Gasteiger partial charge < -0.3 is 10.2 Å². The molecule has 2 aromatic rings. The molecule has 0 spiro atoms. The molecule has 4 nitrogen and oxygen atoms in total. The van der Waals surface area contributed by atoms with E-state index in [-0.39, 0.29) is 17.7 Å². The van der Waals surface area contributed by atoms with Crippen LogP contribution in [0, 0.1) is 12.8 Å². The van der Waals surface area contributed by atoms with Gasteiger partial charge in [-0.05, 0) is 48.9 Å². The van der Waals surface area contributed by atoms with Crippen molar-refractivity contribution in [2.24, 2.45) is 5.92 Å². The molecule has 1 fully saturated rings. The number of amides is 2. The predicted octanol–water partition coefficient (Wildman–Crippen LogP) is 4.20. The Balaban J connectivity index is 1.67. The Morgan fingerprint density at radius 1 is 1.29 bits per heavy atom. The van der Waals surface area contributed by atoms with Gasteiger partial charge in [-0.3, -0.25) is 9.59 Å².